The average molecular weight is 230 g/mol. The van der Waals surface area contributed by atoms with Crippen molar-refractivity contribution in [1.82, 2.24) is 10.6 Å². The first kappa shape index (κ1) is 10.8. The van der Waals surface area contributed by atoms with Crippen molar-refractivity contribution in [3.63, 3.8) is 0 Å². The van der Waals surface area contributed by atoms with Gasteiger partial charge in [-0.2, -0.15) is 0 Å². The van der Waals surface area contributed by atoms with Gasteiger partial charge in [0.15, 0.2) is 0 Å². The number of nitrogens with one attached hydrogen (secondary N) is 2. The Morgan fingerprint density at radius 1 is 1.29 bits per heavy atom. The van der Waals surface area contributed by atoms with Crippen molar-refractivity contribution in [3.8, 4) is 0 Å². The molecule has 0 radical (unpaired) electrons. The maximum Gasteiger partial charge on any atom is 0.244 e. The molecule has 1 aliphatic heterocycles. The molecule has 1 spiro atoms. The van der Waals surface area contributed by atoms with E-state index >= 15 is 0 Å². The van der Waals surface area contributed by atoms with Gasteiger partial charge in [0.2, 0.25) is 5.91 Å². The third-order valence-electron chi connectivity index (χ3n) is 4.13. The number of fused-ring (bicyclic) bond motifs is 2. The second kappa shape index (κ2) is 3.84. The highest BCUT2D eigenvalue weighted by molar-refractivity contribution is 5.89. The number of hydrogen-bond acceptors (Lipinski definition) is 2. The standard InChI is InChI=1S/C14H18N2O/c1-10-6-7-14(13(17)15-8-9-16-14)12-5-3-2-4-11(10)12/h2-5,10,16H,6-9H2,1H3,(H,15,17). The molecule has 90 valence electrons. The van der Waals surface area contributed by atoms with Crippen LogP contribution in [-0.4, -0.2) is 19.0 Å². The van der Waals surface area contributed by atoms with E-state index < -0.39 is 5.54 Å². The molecule has 3 heteroatoms. The Morgan fingerprint density at radius 2 is 2.12 bits per heavy atom. The Kier molecular flexibility index (Phi) is 2.44. The largest absolute Gasteiger partial charge is 0.353 e. The van der Waals surface area contributed by atoms with Crippen LogP contribution >= 0.6 is 0 Å². The molecular formula is C14H18N2O. The van der Waals surface area contributed by atoms with Crippen molar-refractivity contribution in [2.45, 2.75) is 31.2 Å². The summed E-state index contributed by atoms with van der Waals surface area (Å²) in [5.41, 5.74) is 2.03. The summed E-state index contributed by atoms with van der Waals surface area (Å²) in [7, 11) is 0. The number of carbonyl (C=O) groups is 1. The van der Waals surface area contributed by atoms with Crippen LogP contribution in [0.5, 0.6) is 0 Å². The summed E-state index contributed by atoms with van der Waals surface area (Å²) in [4.78, 5) is 12.3. The fourth-order valence-corrected chi connectivity index (χ4v) is 3.14. The smallest absolute Gasteiger partial charge is 0.244 e. The molecule has 3 rings (SSSR count). The van der Waals surface area contributed by atoms with Crippen LogP contribution in [0, 0.1) is 0 Å². The maximum atomic E-state index is 12.3. The first-order chi connectivity index (χ1) is 8.24. The minimum Gasteiger partial charge on any atom is -0.353 e. The second-order valence-electron chi connectivity index (χ2n) is 5.11. The molecule has 2 unspecified atom stereocenters. The SMILES string of the molecule is CC1CCC2(NCCNC2=O)c2ccccc21. The van der Waals surface area contributed by atoms with E-state index in [0.29, 0.717) is 5.92 Å². The van der Waals surface area contributed by atoms with E-state index in [9.17, 15) is 4.79 Å². The summed E-state index contributed by atoms with van der Waals surface area (Å²) in [5, 5.41) is 6.45. The number of benzene rings is 1. The quantitative estimate of drug-likeness (QED) is 0.709. The Bertz CT molecular complexity index is 457. The lowest BCUT2D eigenvalue weighted by Crippen LogP contribution is -2.62. The van der Waals surface area contributed by atoms with Crippen LogP contribution in [0.3, 0.4) is 0 Å². The monoisotopic (exact) mass is 230 g/mol. The van der Waals surface area contributed by atoms with E-state index in [2.05, 4.69) is 35.8 Å². The predicted octanol–water partition coefficient (Wildman–Crippen LogP) is 1.50. The van der Waals surface area contributed by atoms with Gasteiger partial charge >= 0.3 is 0 Å². The lowest BCUT2D eigenvalue weighted by molar-refractivity contribution is -0.130. The molecule has 1 aromatic carbocycles. The van der Waals surface area contributed by atoms with Crippen molar-refractivity contribution in [1.29, 1.82) is 0 Å². The number of rotatable bonds is 0. The summed E-state index contributed by atoms with van der Waals surface area (Å²) in [6.07, 6.45) is 1.97. The van der Waals surface area contributed by atoms with E-state index in [0.717, 1.165) is 25.9 Å². The molecule has 2 N–H and O–H groups in total. The Morgan fingerprint density at radius 3 is 2.94 bits per heavy atom. The van der Waals surface area contributed by atoms with Crippen LogP contribution in [0.15, 0.2) is 24.3 Å². The second-order valence-corrected chi connectivity index (χ2v) is 5.11. The Hall–Kier alpha value is -1.35. The molecule has 1 aromatic rings. The predicted molar refractivity (Wildman–Crippen MR) is 66.8 cm³/mol. The first-order valence-corrected chi connectivity index (χ1v) is 6.37. The van der Waals surface area contributed by atoms with Gasteiger partial charge in [-0.25, -0.2) is 0 Å². The number of carbonyl (C=O) groups excluding carboxylic acids is 1. The van der Waals surface area contributed by atoms with E-state index in [1.165, 1.54) is 11.1 Å². The topological polar surface area (TPSA) is 41.1 Å². The molecule has 1 heterocycles. The fraction of sp³-hybridized carbons (Fsp3) is 0.500. The molecule has 1 aliphatic carbocycles. The van der Waals surface area contributed by atoms with Crippen molar-refractivity contribution in [3.05, 3.63) is 35.4 Å². The normalized spacial score (nSPS) is 32.1. The highest BCUT2D eigenvalue weighted by atomic mass is 16.2. The molecule has 0 aromatic heterocycles. The van der Waals surface area contributed by atoms with Crippen molar-refractivity contribution in [2.75, 3.05) is 13.1 Å². The number of piperazine rings is 1. The van der Waals surface area contributed by atoms with Gasteiger partial charge < -0.3 is 5.32 Å². The summed E-state index contributed by atoms with van der Waals surface area (Å²) in [6, 6.07) is 8.35. The molecule has 1 fully saturated rings. The zero-order valence-corrected chi connectivity index (χ0v) is 10.1. The zero-order valence-electron chi connectivity index (χ0n) is 10.1. The summed E-state index contributed by atoms with van der Waals surface area (Å²) < 4.78 is 0. The third-order valence-corrected chi connectivity index (χ3v) is 4.13. The summed E-state index contributed by atoms with van der Waals surface area (Å²) in [5.74, 6) is 0.691. The van der Waals surface area contributed by atoms with Crippen LogP contribution in [0.1, 0.15) is 36.8 Å². The Balaban J connectivity index is 2.13. The maximum absolute atomic E-state index is 12.3. The molecule has 2 aliphatic rings. The number of amides is 1. The molecule has 1 amide bonds. The highest BCUT2D eigenvalue weighted by Gasteiger charge is 2.45. The highest BCUT2D eigenvalue weighted by Crippen LogP contribution is 2.41. The lowest BCUT2D eigenvalue weighted by Gasteiger charge is -2.43. The zero-order chi connectivity index (χ0) is 11.9. The van der Waals surface area contributed by atoms with Gasteiger partial charge in [0.1, 0.15) is 5.54 Å². The van der Waals surface area contributed by atoms with Crippen LogP contribution in [0.2, 0.25) is 0 Å². The van der Waals surface area contributed by atoms with E-state index in [1.54, 1.807) is 0 Å². The van der Waals surface area contributed by atoms with Crippen molar-refractivity contribution >= 4 is 5.91 Å². The van der Waals surface area contributed by atoms with Gasteiger partial charge in [0, 0.05) is 13.1 Å². The molecular weight excluding hydrogens is 212 g/mol. The molecule has 2 atom stereocenters. The third kappa shape index (κ3) is 1.49. The van der Waals surface area contributed by atoms with Gasteiger partial charge in [-0.3, -0.25) is 10.1 Å². The van der Waals surface area contributed by atoms with Crippen LogP contribution < -0.4 is 10.6 Å². The molecule has 3 nitrogen and oxygen atoms in total. The molecule has 17 heavy (non-hydrogen) atoms. The summed E-state index contributed by atoms with van der Waals surface area (Å²) in [6.45, 7) is 3.83. The molecule has 0 bridgehead atoms. The van der Waals surface area contributed by atoms with Crippen LogP contribution in [0.4, 0.5) is 0 Å². The summed E-state index contributed by atoms with van der Waals surface area (Å²) >= 11 is 0. The molecule has 0 saturated carbocycles. The van der Waals surface area contributed by atoms with Crippen molar-refractivity contribution < 1.29 is 4.79 Å². The fourth-order valence-electron chi connectivity index (χ4n) is 3.14. The van der Waals surface area contributed by atoms with E-state index in [1.807, 2.05) is 6.07 Å². The van der Waals surface area contributed by atoms with Gasteiger partial charge in [0.05, 0.1) is 0 Å². The van der Waals surface area contributed by atoms with E-state index in [4.69, 9.17) is 0 Å². The van der Waals surface area contributed by atoms with E-state index in [-0.39, 0.29) is 5.91 Å². The Labute approximate surface area is 102 Å². The molecule has 1 saturated heterocycles. The minimum atomic E-state index is -0.471. The van der Waals surface area contributed by atoms with Gasteiger partial charge in [-0.1, -0.05) is 31.2 Å². The van der Waals surface area contributed by atoms with Gasteiger partial charge in [-0.15, -0.1) is 0 Å². The van der Waals surface area contributed by atoms with Gasteiger partial charge in [-0.05, 0) is 29.9 Å². The first-order valence-electron chi connectivity index (χ1n) is 6.37. The minimum absolute atomic E-state index is 0.142. The van der Waals surface area contributed by atoms with Crippen molar-refractivity contribution in [2.24, 2.45) is 0 Å². The van der Waals surface area contributed by atoms with Crippen LogP contribution in [-0.2, 0) is 10.3 Å². The average Bonchev–Trinajstić information content (AvgIpc) is 2.37. The van der Waals surface area contributed by atoms with Gasteiger partial charge in [0.25, 0.3) is 0 Å². The lowest BCUT2D eigenvalue weighted by atomic mass is 9.71. The van der Waals surface area contributed by atoms with Crippen LogP contribution in [0.25, 0.3) is 0 Å². The number of hydrogen-bond donors (Lipinski definition) is 2.